The van der Waals surface area contributed by atoms with E-state index in [2.05, 4.69) is 4.98 Å². The summed E-state index contributed by atoms with van der Waals surface area (Å²) >= 11 is 0. The van der Waals surface area contributed by atoms with Gasteiger partial charge in [0.1, 0.15) is 11.9 Å². The average Bonchev–Trinajstić information content (AvgIpc) is 2.48. The van der Waals surface area contributed by atoms with Crippen molar-refractivity contribution in [1.29, 1.82) is 0 Å². The number of anilines is 1. The van der Waals surface area contributed by atoms with Crippen LogP contribution in [-0.4, -0.2) is 61.9 Å². The minimum absolute atomic E-state index is 0.275. The van der Waals surface area contributed by atoms with Gasteiger partial charge in [-0.1, -0.05) is 0 Å². The van der Waals surface area contributed by atoms with E-state index in [1.807, 2.05) is 14.1 Å². The van der Waals surface area contributed by atoms with E-state index >= 15 is 0 Å². The van der Waals surface area contributed by atoms with Gasteiger partial charge in [-0.05, 0) is 25.0 Å². The van der Waals surface area contributed by atoms with E-state index in [1.54, 1.807) is 17.0 Å². The van der Waals surface area contributed by atoms with E-state index in [-0.39, 0.29) is 19.2 Å². The highest BCUT2D eigenvalue weighted by Gasteiger charge is 2.33. The molecule has 1 aromatic heterocycles. The second-order valence-corrected chi connectivity index (χ2v) is 5.79. The third kappa shape index (κ3) is 5.38. The number of alkyl halides is 3. The van der Waals surface area contributed by atoms with E-state index in [0.717, 1.165) is 0 Å². The molecule has 1 aromatic rings. The Labute approximate surface area is 133 Å². The molecule has 0 N–H and O–H groups in total. The number of carbonyl (C=O) groups is 1. The first kappa shape index (κ1) is 17.5. The van der Waals surface area contributed by atoms with Crippen LogP contribution in [0.4, 0.5) is 19.0 Å². The summed E-state index contributed by atoms with van der Waals surface area (Å²) in [5.41, 5.74) is 0.390. The smallest absolute Gasteiger partial charge is 0.401 e. The summed E-state index contributed by atoms with van der Waals surface area (Å²) < 4.78 is 42.4. The number of hydrogen-bond acceptors (Lipinski definition) is 5. The molecular weight excluding hydrogens is 311 g/mol. The first-order valence-corrected chi connectivity index (χ1v) is 7.38. The zero-order chi connectivity index (χ0) is 17.0. The number of halogens is 3. The van der Waals surface area contributed by atoms with Crippen molar-refractivity contribution in [2.75, 3.05) is 38.6 Å². The molecule has 0 radical (unpaired) electrons. The second-order valence-electron chi connectivity index (χ2n) is 5.79. The zero-order valence-electron chi connectivity index (χ0n) is 13.1. The fourth-order valence-electron chi connectivity index (χ4n) is 2.45. The van der Waals surface area contributed by atoms with Crippen LogP contribution in [0.15, 0.2) is 18.3 Å². The van der Waals surface area contributed by atoms with Crippen LogP contribution in [0.25, 0.3) is 0 Å². The molecule has 5 nitrogen and oxygen atoms in total. The van der Waals surface area contributed by atoms with Gasteiger partial charge >= 0.3 is 12.1 Å². The van der Waals surface area contributed by atoms with Crippen LogP contribution in [0.3, 0.4) is 0 Å². The Morgan fingerprint density at radius 2 is 2.04 bits per heavy atom. The van der Waals surface area contributed by atoms with Crippen LogP contribution in [0.5, 0.6) is 0 Å². The maximum Gasteiger partial charge on any atom is 0.401 e. The van der Waals surface area contributed by atoms with Gasteiger partial charge in [0.25, 0.3) is 0 Å². The predicted molar refractivity (Wildman–Crippen MR) is 79.5 cm³/mol. The van der Waals surface area contributed by atoms with Gasteiger partial charge in [0.05, 0.1) is 12.1 Å². The van der Waals surface area contributed by atoms with Gasteiger partial charge in [-0.3, -0.25) is 4.90 Å². The third-order valence-electron chi connectivity index (χ3n) is 3.65. The standard InChI is InChI=1S/C15H20F3N3O2/c1-20(2)13-9-11(3-6-19-13)14(22)23-12-4-7-21(8-5-12)10-15(16,17)18/h3,6,9,12H,4-5,7-8,10H2,1-2H3. The lowest BCUT2D eigenvalue weighted by molar-refractivity contribution is -0.150. The van der Waals surface area contributed by atoms with Gasteiger partial charge < -0.3 is 9.64 Å². The number of pyridine rings is 1. The Bertz CT molecular complexity index is 541. The van der Waals surface area contributed by atoms with Crippen LogP contribution in [-0.2, 0) is 4.74 Å². The molecule has 0 saturated carbocycles. The van der Waals surface area contributed by atoms with Crippen LogP contribution in [0.2, 0.25) is 0 Å². The van der Waals surface area contributed by atoms with Crippen molar-refractivity contribution < 1.29 is 22.7 Å². The molecule has 1 aliphatic heterocycles. The van der Waals surface area contributed by atoms with Crippen LogP contribution >= 0.6 is 0 Å². The molecule has 23 heavy (non-hydrogen) atoms. The number of piperidine rings is 1. The molecular formula is C15H20F3N3O2. The van der Waals surface area contributed by atoms with E-state index in [9.17, 15) is 18.0 Å². The Hall–Kier alpha value is -1.83. The molecule has 128 valence electrons. The summed E-state index contributed by atoms with van der Waals surface area (Å²) in [6, 6.07) is 3.19. The summed E-state index contributed by atoms with van der Waals surface area (Å²) in [6.07, 6.45) is -2.19. The molecule has 0 bridgehead atoms. The Morgan fingerprint density at radius 3 is 2.61 bits per heavy atom. The predicted octanol–water partition coefficient (Wildman–Crippen LogP) is 2.33. The van der Waals surface area contributed by atoms with E-state index in [0.29, 0.717) is 24.2 Å². The Kier molecular flexibility index (Phi) is 5.46. The number of nitrogens with zero attached hydrogens (tertiary/aromatic N) is 3. The Balaban J connectivity index is 1.86. The monoisotopic (exact) mass is 331 g/mol. The molecule has 0 amide bonds. The summed E-state index contributed by atoms with van der Waals surface area (Å²) in [6.45, 7) is -0.363. The molecule has 0 atom stereocenters. The SMILES string of the molecule is CN(C)c1cc(C(=O)OC2CCN(CC(F)(F)F)CC2)ccn1. The minimum Gasteiger partial charge on any atom is -0.459 e. The highest BCUT2D eigenvalue weighted by molar-refractivity contribution is 5.90. The first-order valence-electron chi connectivity index (χ1n) is 7.38. The van der Waals surface area contributed by atoms with Crippen molar-refractivity contribution in [3.63, 3.8) is 0 Å². The van der Waals surface area contributed by atoms with Crippen LogP contribution < -0.4 is 4.90 Å². The summed E-state index contributed by atoms with van der Waals surface area (Å²) in [4.78, 5) is 19.4. The van der Waals surface area contributed by atoms with E-state index in [4.69, 9.17) is 4.74 Å². The molecule has 0 spiro atoms. The van der Waals surface area contributed by atoms with E-state index < -0.39 is 18.7 Å². The highest BCUT2D eigenvalue weighted by Crippen LogP contribution is 2.21. The number of aromatic nitrogens is 1. The fourth-order valence-corrected chi connectivity index (χ4v) is 2.45. The molecule has 8 heteroatoms. The second kappa shape index (κ2) is 7.16. The normalized spacial score (nSPS) is 17.1. The van der Waals surface area contributed by atoms with Crippen molar-refractivity contribution in [2.45, 2.75) is 25.1 Å². The summed E-state index contributed by atoms with van der Waals surface area (Å²) in [7, 11) is 3.63. The quantitative estimate of drug-likeness (QED) is 0.793. The minimum atomic E-state index is -4.19. The third-order valence-corrected chi connectivity index (χ3v) is 3.65. The van der Waals surface area contributed by atoms with Crippen molar-refractivity contribution >= 4 is 11.8 Å². The largest absolute Gasteiger partial charge is 0.459 e. The van der Waals surface area contributed by atoms with Crippen molar-refractivity contribution in [1.82, 2.24) is 9.88 Å². The lowest BCUT2D eigenvalue weighted by atomic mass is 10.1. The van der Waals surface area contributed by atoms with Gasteiger partial charge in [0.2, 0.25) is 0 Å². The number of likely N-dealkylation sites (tertiary alicyclic amines) is 1. The fraction of sp³-hybridized carbons (Fsp3) is 0.600. The molecule has 1 fully saturated rings. The number of hydrogen-bond donors (Lipinski definition) is 0. The topological polar surface area (TPSA) is 45.7 Å². The number of carbonyl (C=O) groups excluding carboxylic acids is 1. The number of ether oxygens (including phenoxy) is 1. The first-order chi connectivity index (χ1) is 10.7. The summed E-state index contributed by atoms with van der Waals surface area (Å²) in [5.74, 6) is 0.171. The lowest BCUT2D eigenvalue weighted by Crippen LogP contribution is -2.42. The zero-order valence-corrected chi connectivity index (χ0v) is 13.1. The molecule has 1 saturated heterocycles. The molecule has 0 aromatic carbocycles. The van der Waals surface area contributed by atoms with Gasteiger partial charge in [0, 0.05) is 33.4 Å². The Morgan fingerprint density at radius 1 is 1.39 bits per heavy atom. The molecule has 2 rings (SSSR count). The molecule has 2 heterocycles. The van der Waals surface area contributed by atoms with Crippen molar-refractivity contribution in [2.24, 2.45) is 0 Å². The molecule has 0 unspecified atom stereocenters. The number of rotatable bonds is 4. The van der Waals surface area contributed by atoms with Gasteiger partial charge in [-0.2, -0.15) is 13.2 Å². The van der Waals surface area contributed by atoms with Crippen molar-refractivity contribution in [3.05, 3.63) is 23.9 Å². The van der Waals surface area contributed by atoms with Crippen molar-refractivity contribution in [3.8, 4) is 0 Å². The highest BCUT2D eigenvalue weighted by atomic mass is 19.4. The number of esters is 1. The molecule has 1 aliphatic rings. The summed E-state index contributed by atoms with van der Waals surface area (Å²) in [5, 5.41) is 0. The van der Waals surface area contributed by atoms with Gasteiger partial charge in [-0.25, -0.2) is 9.78 Å². The van der Waals surface area contributed by atoms with E-state index in [1.165, 1.54) is 11.1 Å². The lowest BCUT2D eigenvalue weighted by Gasteiger charge is -2.32. The van der Waals surface area contributed by atoms with Crippen LogP contribution in [0.1, 0.15) is 23.2 Å². The van der Waals surface area contributed by atoms with Crippen LogP contribution in [0, 0.1) is 0 Å². The van der Waals surface area contributed by atoms with Gasteiger partial charge in [-0.15, -0.1) is 0 Å². The maximum atomic E-state index is 12.3. The maximum absolute atomic E-state index is 12.3. The average molecular weight is 331 g/mol. The molecule has 0 aliphatic carbocycles. The van der Waals surface area contributed by atoms with Gasteiger partial charge in [0.15, 0.2) is 0 Å².